The Morgan fingerprint density at radius 2 is 2.21 bits per heavy atom. The van der Waals surface area contributed by atoms with E-state index in [1.165, 1.54) is 33.2 Å². The number of nitriles is 1. The van der Waals surface area contributed by atoms with E-state index in [4.69, 9.17) is 15.8 Å². The highest BCUT2D eigenvalue weighted by molar-refractivity contribution is 7.13. The Morgan fingerprint density at radius 1 is 1.41 bits per heavy atom. The molecule has 6 nitrogen and oxygen atoms in total. The number of aryl methyl sites for hydroxylation is 1. The van der Waals surface area contributed by atoms with Gasteiger partial charge in [-0.1, -0.05) is 31.7 Å². The van der Waals surface area contributed by atoms with Crippen LogP contribution < -0.4 is 5.73 Å². The highest BCUT2D eigenvalue weighted by Crippen LogP contribution is 2.35. The molecule has 0 fully saturated rings. The third-order valence-electron chi connectivity index (χ3n) is 4.11. The Balaban J connectivity index is 0.000000396. The first-order valence-corrected chi connectivity index (χ1v) is 11.0. The molecule has 0 unspecified atom stereocenters. The maximum absolute atomic E-state index is 10.1. The van der Waals surface area contributed by atoms with E-state index in [0.717, 1.165) is 37.7 Å². The molecule has 1 aromatic rings. The topological polar surface area (TPSA) is 91.7 Å². The minimum absolute atomic E-state index is 0.554. The third-order valence-corrected chi connectivity index (χ3v) is 5.24. The van der Waals surface area contributed by atoms with Gasteiger partial charge in [-0.3, -0.25) is 9.63 Å². The third kappa shape index (κ3) is 10.3. The van der Waals surface area contributed by atoms with Gasteiger partial charge in [0, 0.05) is 17.8 Å². The fraction of sp³-hybridized carbons (Fsp3) is 0.571. The van der Waals surface area contributed by atoms with Gasteiger partial charge in [0.15, 0.2) is 0 Å². The minimum Gasteiger partial charge on any atom is -0.387 e. The van der Waals surface area contributed by atoms with E-state index in [2.05, 4.69) is 30.0 Å². The molecule has 1 amide bonds. The zero-order chi connectivity index (χ0) is 21.5. The highest BCUT2D eigenvalue weighted by atomic mass is 32.1. The number of aliphatic imine (C=N–C) groups is 1. The van der Waals surface area contributed by atoms with Crippen molar-refractivity contribution < 1.29 is 9.63 Å². The van der Waals surface area contributed by atoms with Gasteiger partial charge < -0.3 is 5.73 Å². The summed E-state index contributed by atoms with van der Waals surface area (Å²) in [5.41, 5.74) is 8.20. The Hall–Kier alpha value is -2.11. The number of nitrogens with two attached hydrogens (primary N) is 1. The number of carbonyl (C=O) groups is 1. The standard InChI is InChI=1S/C15H19BN3S.C6H13NO2/c1-11-7-14-13(19-15(18)8-11)9-12(20-14)5-3-2-4-6-16-10-17;1-3-5-7(6-8)9-4-2/h7,9H,2-6,8H2,1H3,(H2,18,19);6H,3-5H2,1-2H3. The van der Waals surface area contributed by atoms with Crippen LogP contribution in [0.1, 0.15) is 62.6 Å². The second kappa shape index (κ2) is 14.8. The first kappa shape index (κ1) is 24.9. The lowest BCUT2D eigenvalue weighted by Gasteiger charge is -2.13. The molecule has 0 saturated heterocycles. The van der Waals surface area contributed by atoms with Gasteiger partial charge in [-0.05, 0) is 51.2 Å². The van der Waals surface area contributed by atoms with Crippen molar-refractivity contribution in [1.82, 2.24) is 5.06 Å². The number of amidine groups is 1. The van der Waals surface area contributed by atoms with Crippen molar-refractivity contribution in [3.05, 3.63) is 21.4 Å². The molecule has 2 heterocycles. The fourth-order valence-corrected chi connectivity index (χ4v) is 4.00. The number of carbonyl (C=O) groups excluding carboxylic acids is 1. The molecule has 0 spiro atoms. The second-order valence-electron chi connectivity index (χ2n) is 6.83. The van der Waals surface area contributed by atoms with Gasteiger partial charge in [-0.2, -0.15) is 0 Å². The molecule has 1 aliphatic rings. The van der Waals surface area contributed by atoms with E-state index in [1.54, 1.807) is 7.28 Å². The van der Waals surface area contributed by atoms with Crippen LogP contribution in [0.5, 0.6) is 0 Å². The summed E-state index contributed by atoms with van der Waals surface area (Å²) in [7, 11) is 1.68. The molecule has 0 bridgehead atoms. The Labute approximate surface area is 179 Å². The smallest absolute Gasteiger partial charge is 0.254 e. The summed E-state index contributed by atoms with van der Waals surface area (Å²) in [6.07, 6.45) is 10.0. The van der Waals surface area contributed by atoms with E-state index in [9.17, 15) is 4.79 Å². The number of rotatable bonds is 11. The molecule has 8 heteroatoms. The van der Waals surface area contributed by atoms with E-state index in [-0.39, 0.29) is 0 Å². The van der Waals surface area contributed by atoms with Gasteiger partial charge in [0.2, 0.25) is 6.41 Å². The summed E-state index contributed by atoms with van der Waals surface area (Å²) in [6.45, 7) is 7.18. The maximum atomic E-state index is 10.1. The monoisotopic (exact) mass is 415 g/mol. The summed E-state index contributed by atoms with van der Waals surface area (Å²) in [5.74, 6) is 2.77. The van der Waals surface area contributed by atoms with Crippen molar-refractivity contribution in [2.75, 3.05) is 13.2 Å². The van der Waals surface area contributed by atoms with Gasteiger partial charge in [0.05, 0.1) is 17.2 Å². The number of amides is 1. The number of unbranched alkanes of at least 4 members (excludes halogenated alkanes) is 2. The Morgan fingerprint density at radius 3 is 2.86 bits per heavy atom. The average molecular weight is 415 g/mol. The number of nitrogens with zero attached hydrogens (tertiary/aromatic N) is 3. The quantitative estimate of drug-likeness (QED) is 0.246. The molecule has 0 atom stereocenters. The van der Waals surface area contributed by atoms with Crippen molar-refractivity contribution in [1.29, 1.82) is 5.26 Å². The van der Waals surface area contributed by atoms with Gasteiger partial charge in [0.25, 0.3) is 7.28 Å². The molecule has 0 aromatic carbocycles. The SMILES string of the molecule is CC1=Cc2sc(CCCCC[B]C#N)cc2N=C(N)C1.CCCN(C=O)OCC. The molecular formula is C21H32BN4O2S. The van der Waals surface area contributed by atoms with Crippen LogP contribution >= 0.6 is 11.3 Å². The van der Waals surface area contributed by atoms with Crippen LogP contribution in [0, 0.1) is 11.2 Å². The summed E-state index contributed by atoms with van der Waals surface area (Å²) in [4.78, 5) is 22.1. The maximum Gasteiger partial charge on any atom is 0.254 e. The lowest BCUT2D eigenvalue weighted by atomic mass is 9.75. The van der Waals surface area contributed by atoms with E-state index in [0.29, 0.717) is 25.4 Å². The highest BCUT2D eigenvalue weighted by Gasteiger charge is 2.11. The molecular weight excluding hydrogens is 383 g/mol. The molecule has 0 saturated carbocycles. The normalized spacial score (nSPS) is 12.3. The van der Waals surface area contributed by atoms with Gasteiger partial charge in [-0.15, -0.1) is 11.3 Å². The fourth-order valence-electron chi connectivity index (χ4n) is 2.84. The number of hydrogen-bond donors (Lipinski definition) is 1. The van der Waals surface area contributed by atoms with Crippen molar-refractivity contribution >= 4 is 42.6 Å². The summed E-state index contributed by atoms with van der Waals surface area (Å²) < 4.78 is 0. The van der Waals surface area contributed by atoms with Crippen LogP contribution in [-0.4, -0.2) is 37.7 Å². The zero-order valence-electron chi connectivity index (χ0n) is 17.8. The predicted octanol–water partition coefficient (Wildman–Crippen LogP) is 4.67. The molecule has 29 heavy (non-hydrogen) atoms. The van der Waals surface area contributed by atoms with Crippen molar-refractivity contribution in [3.63, 3.8) is 0 Å². The van der Waals surface area contributed by atoms with Crippen LogP contribution in [0.2, 0.25) is 6.32 Å². The van der Waals surface area contributed by atoms with Crippen LogP contribution in [0.4, 0.5) is 5.69 Å². The Bertz CT molecular complexity index is 683. The van der Waals surface area contributed by atoms with E-state index in [1.807, 2.05) is 25.2 Å². The van der Waals surface area contributed by atoms with Gasteiger partial charge in [0.1, 0.15) is 5.84 Å². The minimum atomic E-state index is 0.554. The van der Waals surface area contributed by atoms with Crippen LogP contribution in [-0.2, 0) is 16.1 Å². The average Bonchev–Trinajstić information content (AvgIpc) is 2.99. The molecule has 2 rings (SSSR count). The van der Waals surface area contributed by atoms with Crippen molar-refractivity contribution in [2.45, 2.75) is 65.6 Å². The molecule has 1 aliphatic heterocycles. The first-order chi connectivity index (χ1) is 14.0. The second-order valence-corrected chi connectivity index (χ2v) is 8.00. The molecule has 1 aromatic heterocycles. The molecule has 157 valence electrons. The van der Waals surface area contributed by atoms with Crippen molar-refractivity contribution in [2.24, 2.45) is 10.7 Å². The van der Waals surface area contributed by atoms with Gasteiger partial charge in [-0.25, -0.2) is 15.3 Å². The summed E-state index contributed by atoms with van der Waals surface area (Å²) in [5, 5.41) is 9.73. The van der Waals surface area contributed by atoms with E-state index >= 15 is 0 Å². The lowest BCUT2D eigenvalue weighted by molar-refractivity contribution is -0.170. The largest absolute Gasteiger partial charge is 0.387 e. The zero-order valence-corrected chi connectivity index (χ0v) is 18.6. The predicted molar refractivity (Wildman–Crippen MR) is 122 cm³/mol. The first-order valence-electron chi connectivity index (χ1n) is 10.2. The summed E-state index contributed by atoms with van der Waals surface area (Å²) >= 11 is 1.82. The van der Waals surface area contributed by atoms with Gasteiger partial charge >= 0.3 is 0 Å². The number of thiophene rings is 1. The number of hydroxylamine groups is 2. The molecule has 2 N–H and O–H groups in total. The summed E-state index contributed by atoms with van der Waals surface area (Å²) in [6, 6.07) is 2.17. The number of fused-ring (bicyclic) bond motifs is 1. The van der Waals surface area contributed by atoms with E-state index < -0.39 is 0 Å². The Kier molecular flexibility index (Phi) is 12.8. The molecule has 0 aliphatic carbocycles. The van der Waals surface area contributed by atoms with Crippen LogP contribution in [0.25, 0.3) is 6.08 Å². The molecule has 1 radical (unpaired) electrons. The lowest BCUT2D eigenvalue weighted by Crippen LogP contribution is -2.22. The van der Waals surface area contributed by atoms with Crippen LogP contribution in [0.15, 0.2) is 16.6 Å². The number of hydrogen-bond acceptors (Lipinski definition) is 6. The van der Waals surface area contributed by atoms with Crippen molar-refractivity contribution in [3.8, 4) is 5.97 Å². The van der Waals surface area contributed by atoms with Crippen LogP contribution in [0.3, 0.4) is 0 Å².